The molecule has 0 atom stereocenters. The standard InChI is InChI=1S/C18H30O/c1-5-7-9-11-13-15-17(3)19-18(4)16-14-12-10-8-6-2/h11-16H,5-10H2,1-4H3. The Balaban J connectivity index is 3.98. The van der Waals surface area contributed by atoms with Gasteiger partial charge in [0.25, 0.3) is 0 Å². The molecule has 0 aromatic rings. The fourth-order valence-corrected chi connectivity index (χ4v) is 1.57. The van der Waals surface area contributed by atoms with E-state index in [-0.39, 0.29) is 0 Å². The summed E-state index contributed by atoms with van der Waals surface area (Å²) in [6.45, 7) is 8.39. The largest absolute Gasteiger partial charge is 0.467 e. The zero-order valence-corrected chi connectivity index (χ0v) is 13.1. The molecular formula is C18H30O. The molecular weight excluding hydrogens is 232 g/mol. The summed E-state index contributed by atoms with van der Waals surface area (Å²) in [5.41, 5.74) is 0. The molecule has 0 saturated carbocycles. The molecule has 0 aliphatic rings. The van der Waals surface area contributed by atoms with Crippen LogP contribution in [-0.4, -0.2) is 0 Å². The van der Waals surface area contributed by atoms with E-state index in [9.17, 15) is 0 Å². The van der Waals surface area contributed by atoms with Gasteiger partial charge in [-0.3, -0.25) is 0 Å². The van der Waals surface area contributed by atoms with Crippen LogP contribution in [0.4, 0.5) is 0 Å². The maximum absolute atomic E-state index is 5.68. The van der Waals surface area contributed by atoms with Crippen molar-refractivity contribution in [3.8, 4) is 0 Å². The van der Waals surface area contributed by atoms with Gasteiger partial charge in [0.2, 0.25) is 0 Å². The molecule has 108 valence electrons. The van der Waals surface area contributed by atoms with E-state index in [2.05, 4.69) is 38.2 Å². The van der Waals surface area contributed by atoms with Crippen molar-refractivity contribution in [3.05, 3.63) is 48.0 Å². The smallest absolute Gasteiger partial charge is 0.100 e. The lowest BCUT2D eigenvalue weighted by molar-refractivity contribution is 0.309. The van der Waals surface area contributed by atoms with Crippen molar-refractivity contribution in [2.45, 2.75) is 66.2 Å². The van der Waals surface area contributed by atoms with Crippen molar-refractivity contribution in [2.75, 3.05) is 0 Å². The molecule has 0 N–H and O–H groups in total. The number of hydrogen-bond acceptors (Lipinski definition) is 1. The van der Waals surface area contributed by atoms with Crippen LogP contribution in [0.1, 0.15) is 66.2 Å². The third-order valence-electron chi connectivity index (χ3n) is 2.70. The Morgan fingerprint density at radius 2 is 1.21 bits per heavy atom. The van der Waals surface area contributed by atoms with Gasteiger partial charge in [0, 0.05) is 0 Å². The fourth-order valence-electron chi connectivity index (χ4n) is 1.57. The van der Waals surface area contributed by atoms with E-state index in [1.807, 2.05) is 26.0 Å². The fraction of sp³-hybridized carbons (Fsp3) is 0.556. The zero-order valence-electron chi connectivity index (χ0n) is 13.1. The van der Waals surface area contributed by atoms with Gasteiger partial charge in [0.15, 0.2) is 0 Å². The minimum atomic E-state index is 0.934. The van der Waals surface area contributed by atoms with Gasteiger partial charge in [-0.1, -0.05) is 63.8 Å². The topological polar surface area (TPSA) is 9.23 Å². The van der Waals surface area contributed by atoms with Crippen molar-refractivity contribution < 1.29 is 4.74 Å². The van der Waals surface area contributed by atoms with Crippen LogP contribution in [0, 0.1) is 0 Å². The van der Waals surface area contributed by atoms with Gasteiger partial charge >= 0.3 is 0 Å². The molecule has 0 heterocycles. The van der Waals surface area contributed by atoms with Gasteiger partial charge in [0.1, 0.15) is 11.5 Å². The highest BCUT2D eigenvalue weighted by Crippen LogP contribution is 2.06. The average molecular weight is 262 g/mol. The summed E-state index contributed by atoms with van der Waals surface area (Å²) in [5, 5.41) is 0. The molecule has 0 amide bonds. The van der Waals surface area contributed by atoms with Crippen LogP contribution < -0.4 is 0 Å². The summed E-state index contributed by atoms with van der Waals surface area (Å²) in [7, 11) is 0. The van der Waals surface area contributed by atoms with Crippen LogP contribution >= 0.6 is 0 Å². The summed E-state index contributed by atoms with van der Waals surface area (Å²) in [6, 6.07) is 0. The van der Waals surface area contributed by atoms with Gasteiger partial charge in [-0.25, -0.2) is 0 Å². The lowest BCUT2D eigenvalue weighted by atomic mass is 10.2. The van der Waals surface area contributed by atoms with Crippen LogP contribution in [0.3, 0.4) is 0 Å². The minimum absolute atomic E-state index is 0.934. The third kappa shape index (κ3) is 13.0. The van der Waals surface area contributed by atoms with Crippen molar-refractivity contribution in [3.63, 3.8) is 0 Å². The Labute approximate surface area is 119 Å². The first-order valence-electron chi connectivity index (χ1n) is 7.55. The van der Waals surface area contributed by atoms with Gasteiger partial charge < -0.3 is 4.74 Å². The highest BCUT2D eigenvalue weighted by molar-refractivity contribution is 5.11. The van der Waals surface area contributed by atoms with Gasteiger partial charge in [0.05, 0.1) is 0 Å². The minimum Gasteiger partial charge on any atom is -0.467 e. The first kappa shape index (κ1) is 17.8. The van der Waals surface area contributed by atoms with Crippen LogP contribution in [0.5, 0.6) is 0 Å². The Bertz CT molecular complexity index is 287. The SMILES string of the molecule is CCCCC=CC=C(C)OC(C)=CC=CCCCC. The Morgan fingerprint density at radius 3 is 1.58 bits per heavy atom. The summed E-state index contributed by atoms with van der Waals surface area (Å²) >= 11 is 0. The van der Waals surface area contributed by atoms with E-state index in [0.717, 1.165) is 24.4 Å². The predicted octanol–water partition coefficient (Wildman–Crippen LogP) is 6.30. The quantitative estimate of drug-likeness (QED) is 0.255. The number of allylic oxidation sites excluding steroid dienone is 8. The monoisotopic (exact) mass is 262 g/mol. The third-order valence-corrected chi connectivity index (χ3v) is 2.70. The molecule has 0 saturated heterocycles. The Morgan fingerprint density at radius 1 is 0.789 bits per heavy atom. The van der Waals surface area contributed by atoms with Crippen LogP contribution in [0.15, 0.2) is 48.0 Å². The summed E-state index contributed by atoms with van der Waals surface area (Å²) < 4.78 is 5.68. The highest BCUT2D eigenvalue weighted by Gasteiger charge is 1.89. The lowest BCUT2D eigenvalue weighted by Crippen LogP contribution is -1.84. The van der Waals surface area contributed by atoms with E-state index in [1.54, 1.807) is 0 Å². The lowest BCUT2D eigenvalue weighted by Gasteiger charge is -2.03. The highest BCUT2D eigenvalue weighted by atomic mass is 16.5. The van der Waals surface area contributed by atoms with E-state index in [1.165, 1.54) is 25.7 Å². The Hall–Kier alpha value is -1.24. The van der Waals surface area contributed by atoms with Crippen molar-refractivity contribution >= 4 is 0 Å². The maximum atomic E-state index is 5.68. The molecule has 0 radical (unpaired) electrons. The number of rotatable bonds is 10. The van der Waals surface area contributed by atoms with Crippen molar-refractivity contribution in [2.24, 2.45) is 0 Å². The number of ether oxygens (including phenoxy) is 1. The molecule has 0 aliphatic heterocycles. The second-order valence-corrected chi connectivity index (χ2v) is 4.80. The molecule has 0 fully saturated rings. The second-order valence-electron chi connectivity index (χ2n) is 4.80. The molecule has 0 aromatic carbocycles. The maximum Gasteiger partial charge on any atom is 0.100 e. The van der Waals surface area contributed by atoms with Crippen molar-refractivity contribution in [1.82, 2.24) is 0 Å². The van der Waals surface area contributed by atoms with Gasteiger partial charge in [-0.05, 0) is 38.8 Å². The Kier molecular flexibility index (Phi) is 12.3. The van der Waals surface area contributed by atoms with E-state index >= 15 is 0 Å². The molecule has 0 aliphatic carbocycles. The predicted molar refractivity (Wildman–Crippen MR) is 85.9 cm³/mol. The van der Waals surface area contributed by atoms with E-state index in [0.29, 0.717) is 0 Å². The van der Waals surface area contributed by atoms with Crippen molar-refractivity contribution in [1.29, 1.82) is 0 Å². The van der Waals surface area contributed by atoms with Gasteiger partial charge in [-0.2, -0.15) is 0 Å². The first-order chi connectivity index (χ1) is 9.20. The molecule has 0 bridgehead atoms. The molecule has 0 rings (SSSR count). The normalized spacial score (nSPS) is 13.7. The molecule has 19 heavy (non-hydrogen) atoms. The zero-order chi connectivity index (χ0) is 14.3. The average Bonchev–Trinajstić information content (AvgIpc) is 2.38. The molecule has 0 unspecified atom stereocenters. The summed E-state index contributed by atoms with van der Waals surface area (Å²) in [5.74, 6) is 1.87. The van der Waals surface area contributed by atoms with E-state index in [4.69, 9.17) is 4.74 Å². The molecule has 0 spiro atoms. The second kappa shape index (κ2) is 13.2. The van der Waals surface area contributed by atoms with Crippen LogP contribution in [-0.2, 0) is 4.74 Å². The van der Waals surface area contributed by atoms with Crippen LogP contribution in [0.25, 0.3) is 0 Å². The first-order valence-corrected chi connectivity index (χ1v) is 7.55. The number of unbranched alkanes of at least 4 members (excludes halogenated alkanes) is 4. The molecule has 0 aromatic heterocycles. The molecule has 1 nitrogen and oxygen atoms in total. The molecule has 1 heteroatoms. The number of hydrogen-bond donors (Lipinski definition) is 0. The van der Waals surface area contributed by atoms with Gasteiger partial charge in [-0.15, -0.1) is 0 Å². The van der Waals surface area contributed by atoms with E-state index < -0.39 is 0 Å². The van der Waals surface area contributed by atoms with Crippen LogP contribution in [0.2, 0.25) is 0 Å². The summed E-state index contributed by atoms with van der Waals surface area (Å²) in [4.78, 5) is 0. The summed E-state index contributed by atoms with van der Waals surface area (Å²) in [6.07, 6.45) is 19.9.